The van der Waals surface area contributed by atoms with Crippen LogP contribution in [-0.4, -0.2) is 60.3 Å². The topological polar surface area (TPSA) is 35.5 Å². The van der Waals surface area contributed by atoms with Crippen LogP contribution < -0.4 is 5.32 Å². The SMILES string of the molecule is C#CCSCCNCC(O)CN(CC)CC. The summed E-state index contributed by atoms with van der Waals surface area (Å²) in [6.07, 6.45) is 4.86. The minimum Gasteiger partial charge on any atom is -0.390 e. The molecule has 2 N–H and O–H groups in total. The van der Waals surface area contributed by atoms with E-state index in [4.69, 9.17) is 6.42 Å². The Balaban J connectivity index is 3.36. The normalized spacial score (nSPS) is 12.7. The molecule has 0 fully saturated rings. The molecule has 4 heteroatoms. The predicted molar refractivity (Wildman–Crippen MR) is 72.8 cm³/mol. The highest BCUT2D eigenvalue weighted by molar-refractivity contribution is 7.99. The summed E-state index contributed by atoms with van der Waals surface area (Å²) < 4.78 is 0. The molecule has 16 heavy (non-hydrogen) atoms. The average molecular weight is 244 g/mol. The average Bonchev–Trinajstić information content (AvgIpc) is 2.30. The first kappa shape index (κ1) is 15.8. The molecule has 1 atom stereocenters. The second kappa shape index (κ2) is 11.3. The van der Waals surface area contributed by atoms with Crippen molar-refractivity contribution in [3.63, 3.8) is 0 Å². The van der Waals surface area contributed by atoms with Crippen LogP contribution in [0.2, 0.25) is 0 Å². The highest BCUT2D eigenvalue weighted by Gasteiger charge is 2.07. The van der Waals surface area contributed by atoms with Crippen LogP contribution in [0.25, 0.3) is 0 Å². The third-order valence-corrected chi connectivity index (χ3v) is 3.22. The molecule has 0 aromatic heterocycles. The molecule has 94 valence electrons. The van der Waals surface area contributed by atoms with Gasteiger partial charge in [-0.2, -0.15) is 0 Å². The van der Waals surface area contributed by atoms with E-state index in [1.54, 1.807) is 11.8 Å². The Bertz CT molecular complexity index is 190. The minimum absolute atomic E-state index is 0.280. The fourth-order valence-electron chi connectivity index (χ4n) is 1.39. The molecule has 0 spiro atoms. The van der Waals surface area contributed by atoms with E-state index < -0.39 is 0 Å². The number of hydrogen-bond acceptors (Lipinski definition) is 4. The zero-order valence-corrected chi connectivity index (χ0v) is 11.2. The molecule has 0 aliphatic rings. The Morgan fingerprint density at radius 3 is 2.69 bits per heavy atom. The zero-order chi connectivity index (χ0) is 12.2. The standard InChI is InChI=1S/C12H24N2OS/c1-4-8-16-9-7-13-10-12(15)11-14(5-2)6-3/h1,12-13,15H,5-11H2,2-3H3. The van der Waals surface area contributed by atoms with Crippen LogP contribution in [0.4, 0.5) is 0 Å². The summed E-state index contributed by atoms with van der Waals surface area (Å²) in [7, 11) is 0. The van der Waals surface area contributed by atoms with Crippen molar-refractivity contribution in [2.24, 2.45) is 0 Å². The Labute approximate surface area is 104 Å². The van der Waals surface area contributed by atoms with Gasteiger partial charge >= 0.3 is 0 Å². The molecule has 0 bridgehead atoms. The molecule has 0 aromatic rings. The number of aliphatic hydroxyl groups is 1. The monoisotopic (exact) mass is 244 g/mol. The summed E-state index contributed by atoms with van der Waals surface area (Å²) in [4.78, 5) is 2.22. The number of terminal acetylenes is 1. The maximum absolute atomic E-state index is 9.74. The summed E-state index contributed by atoms with van der Waals surface area (Å²) >= 11 is 1.74. The van der Waals surface area contributed by atoms with Crippen molar-refractivity contribution in [1.82, 2.24) is 10.2 Å². The van der Waals surface area contributed by atoms with Gasteiger partial charge in [-0.05, 0) is 13.1 Å². The van der Waals surface area contributed by atoms with Crippen molar-refractivity contribution in [3.05, 3.63) is 0 Å². The molecule has 0 aromatic carbocycles. The van der Waals surface area contributed by atoms with Crippen LogP contribution in [0.15, 0.2) is 0 Å². The van der Waals surface area contributed by atoms with E-state index in [0.29, 0.717) is 6.54 Å². The molecule has 0 radical (unpaired) electrons. The van der Waals surface area contributed by atoms with E-state index in [1.807, 2.05) is 0 Å². The Morgan fingerprint density at radius 2 is 2.12 bits per heavy atom. The molecular weight excluding hydrogens is 220 g/mol. The maximum Gasteiger partial charge on any atom is 0.0791 e. The van der Waals surface area contributed by atoms with Gasteiger partial charge in [0, 0.05) is 25.4 Å². The second-order valence-electron chi connectivity index (χ2n) is 3.60. The third-order valence-electron chi connectivity index (χ3n) is 2.35. The molecule has 1 unspecified atom stereocenters. The third kappa shape index (κ3) is 9.05. The lowest BCUT2D eigenvalue weighted by atomic mass is 10.3. The summed E-state index contributed by atoms with van der Waals surface area (Å²) in [5, 5.41) is 13.0. The van der Waals surface area contributed by atoms with Gasteiger partial charge < -0.3 is 15.3 Å². The van der Waals surface area contributed by atoms with E-state index >= 15 is 0 Å². The zero-order valence-electron chi connectivity index (χ0n) is 10.4. The predicted octanol–water partition coefficient (Wildman–Crippen LogP) is 0.645. The van der Waals surface area contributed by atoms with Crippen LogP contribution in [0.5, 0.6) is 0 Å². The van der Waals surface area contributed by atoms with Crippen LogP contribution in [0.3, 0.4) is 0 Å². The van der Waals surface area contributed by atoms with Crippen LogP contribution in [0.1, 0.15) is 13.8 Å². The smallest absolute Gasteiger partial charge is 0.0791 e. The van der Waals surface area contributed by atoms with Gasteiger partial charge in [0.05, 0.1) is 11.9 Å². The first-order valence-electron chi connectivity index (χ1n) is 5.86. The van der Waals surface area contributed by atoms with Crippen LogP contribution >= 0.6 is 11.8 Å². The van der Waals surface area contributed by atoms with Gasteiger partial charge in [-0.1, -0.05) is 19.8 Å². The summed E-state index contributed by atoms with van der Waals surface area (Å²) in [6.45, 7) is 8.52. The van der Waals surface area contributed by atoms with Crippen molar-refractivity contribution in [2.75, 3.05) is 44.2 Å². The largest absolute Gasteiger partial charge is 0.390 e. The first-order chi connectivity index (χ1) is 7.74. The molecule has 0 aliphatic carbocycles. The lowest BCUT2D eigenvalue weighted by molar-refractivity contribution is 0.117. The number of likely N-dealkylation sites (N-methyl/N-ethyl adjacent to an activating group) is 1. The van der Waals surface area contributed by atoms with E-state index in [-0.39, 0.29) is 6.10 Å². The maximum atomic E-state index is 9.74. The van der Waals surface area contributed by atoms with Gasteiger partial charge in [0.2, 0.25) is 0 Å². The molecular formula is C12H24N2OS. The second-order valence-corrected chi connectivity index (χ2v) is 4.71. The fraction of sp³-hybridized carbons (Fsp3) is 0.833. The van der Waals surface area contributed by atoms with Gasteiger partial charge in [-0.3, -0.25) is 0 Å². The van der Waals surface area contributed by atoms with E-state index in [2.05, 4.69) is 30.0 Å². The quantitative estimate of drug-likeness (QED) is 0.437. The van der Waals surface area contributed by atoms with Crippen molar-refractivity contribution >= 4 is 11.8 Å². The summed E-state index contributed by atoms with van der Waals surface area (Å²) in [5.41, 5.74) is 0. The molecule has 0 saturated heterocycles. The van der Waals surface area contributed by atoms with E-state index in [1.165, 1.54) is 0 Å². The van der Waals surface area contributed by atoms with Crippen LogP contribution in [-0.2, 0) is 0 Å². The first-order valence-corrected chi connectivity index (χ1v) is 7.02. The number of nitrogens with one attached hydrogen (secondary N) is 1. The Morgan fingerprint density at radius 1 is 1.44 bits per heavy atom. The van der Waals surface area contributed by atoms with Gasteiger partial charge in [0.1, 0.15) is 0 Å². The number of hydrogen-bond donors (Lipinski definition) is 2. The van der Waals surface area contributed by atoms with Crippen LogP contribution in [0, 0.1) is 12.3 Å². The lowest BCUT2D eigenvalue weighted by Crippen LogP contribution is -2.38. The number of aliphatic hydroxyl groups excluding tert-OH is 1. The highest BCUT2D eigenvalue weighted by atomic mass is 32.2. The minimum atomic E-state index is -0.280. The van der Waals surface area contributed by atoms with Crippen molar-refractivity contribution < 1.29 is 5.11 Å². The molecule has 0 rings (SSSR count). The Kier molecular flexibility index (Phi) is 11.1. The van der Waals surface area contributed by atoms with Gasteiger partial charge in [0.15, 0.2) is 0 Å². The molecule has 3 nitrogen and oxygen atoms in total. The summed E-state index contributed by atoms with van der Waals surface area (Å²) in [5.74, 6) is 4.36. The number of thioether (sulfide) groups is 1. The molecule has 0 heterocycles. The van der Waals surface area contributed by atoms with E-state index in [0.717, 1.165) is 37.7 Å². The van der Waals surface area contributed by atoms with Crippen molar-refractivity contribution in [3.8, 4) is 12.3 Å². The van der Waals surface area contributed by atoms with Gasteiger partial charge in [-0.15, -0.1) is 18.2 Å². The van der Waals surface area contributed by atoms with Gasteiger partial charge in [-0.25, -0.2) is 0 Å². The molecule has 0 saturated carbocycles. The van der Waals surface area contributed by atoms with E-state index in [9.17, 15) is 5.11 Å². The van der Waals surface area contributed by atoms with Gasteiger partial charge in [0.25, 0.3) is 0 Å². The van der Waals surface area contributed by atoms with Crippen molar-refractivity contribution in [2.45, 2.75) is 20.0 Å². The highest BCUT2D eigenvalue weighted by Crippen LogP contribution is 1.95. The lowest BCUT2D eigenvalue weighted by Gasteiger charge is -2.21. The Hall–Kier alpha value is -0.210. The number of nitrogens with zero attached hydrogens (tertiary/aromatic N) is 1. The molecule has 0 amide bonds. The summed E-state index contributed by atoms with van der Waals surface area (Å²) in [6, 6.07) is 0. The van der Waals surface area contributed by atoms with Crippen molar-refractivity contribution in [1.29, 1.82) is 0 Å². The fourth-order valence-corrected chi connectivity index (χ4v) is 1.94. The number of rotatable bonds is 10. The molecule has 0 aliphatic heterocycles.